The number of aryl methyl sites for hydroxylation is 2. The van der Waals surface area contributed by atoms with Gasteiger partial charge in [0.1, 0.15) is 5.75 Å². The molecule has 1 heterocycles. The lowest BCUT2D eigenvalue weighted by Gasteiger charge is -2.25. The third-order valence-electron chi connectivity index (χ3n) is 4.32. The highest BCUT2D eigenvalue weighted by Gasteiger charge is 2.27. The summed E-state index contributed by atoms with van der Waals surface area (Å²) in [6.07, 6.45) is 3.34. The van der Waals surface area contributed by atoms with Crippen LogP contribution in [0.15, 0.2) is 71.9 Å². The van der Waals surface area contributed by atoms with Crippen LogP contribution in [0.3, 0.4) is 0 Å². The number of hydrogen-bond acceptors (Lipinski definition) is 4. The van der Waals surface area contributed by atoms with Crippen molar-refractivity contribution < 1.29 is 13.2 Å². The minimum atomic E-state index is -3.76. The molecule has 3 aromatic rings. The van der Waals surface area contributed by atoms with Crippen LogP contribution < -0.4 is 9.04 Å². The maximum atomic E-state index is 13.5. The predicted octanol–water partition coefficient (Wildman–Crippen LogP) is 4.10. The van der Waals surface area contributed by atoms with E-state index in [2.05, 4.69) is 4.98 Å². The van der Waals surface area contributed by atoms with Gasteiger partial charge in [-0.25, -0.2) is 8.42 Å². The summed E-state index contributed by atoms with van der Waals surface area (Å²) in [6.45, 7) is 3.88. The predicted molar refractivity (Wildman–Crippen MR) is 107 cm³/mol. The van der Waals surface area contributed by atoms with Crippen LogP contribution >= 0.6 is 0 Å². The molecule has 0 radical (unpaired) electrons. The van der Waals surface area contributed by atoms with Crippen molar-refractivity contribution in [2.24, 2.45) is 0 Å². The smallest absolute Gasteiger partial charge is 0.264 e. The van der Waals surface area contributed by atoms with Crippen LogP contribution in [0.1, 0.15) is 16.7 Å². The maximum Gasteiger partial charge on any atom is 0.264 e. The van der Waals surface area contributed by atoms with Crippen molar-refractivity contribution >= 4 is 15.7 Å². The van der Waals surface area contributed by atoms with E-state index in [-0.39, 0.29) is 6.54 Å². The topological polar surface area (TPSA) is 59.5 Å². The lowest BCUT2D eigenvalue weighted by atomic mass is 10.2. The average molecular weight is 382 g/mol. The fraction of sp³-hybridized carbons (Fsp3) is 0.190. The normalized spacial score (nSPS) is 11.2. The van der Waals surface area contributed by atoms with E-state index in [0.29, 0.717) is 21.9 Å². The summed E-state index contributed by atoms with van der Waals surface area (Å²) in [7, 11) is -2.18. The fourth-order valence-electron chi connectivity index (χ4n) is 2.82. The average Bonchev–Trinajstić information content (AvgIpc) is 2.68. The van der Waals surface area contributed by atoms with Gasteiger partial charge in [0.25, 0.3) is 10.0 Å². The minimum absolute atomic E-state index is 0.190. The van der Waals surface area contributed by atoms with E-state index >= 15 is 0 Å². The van der Waals surface area contributed by atoms with E-state index in [4.69, 9.17) is 4.74 Å². The third kappa shape index (κ3) is 4.11. The Hall–Kier alpha value is -2.86. The quantitative estimate of drug-likeness (QED) is 0.644. The Morgan fingerprint density at radius 3 is 2.41 bits per heavy atom. The van der Waals surface area contributed by atoms with Gasteiger partial charge >= 0.3 is 0 Å². The van der Waals surface area contributed by atoms with Crippen LogP contribution in [0.2, 0.25) is 0 Å². The van der Waals surface area contributed by atoms with Gasteiger partial charge in [-0.3, -0.25) is 9.29 Å². The molecule has 0 N–H and O–H groups in total. The van der Waals surface area contributed by atoms with Crippen LogP contribution in [-0.4, -0.2) is 20.5 Å². The standard InChI is InChI=1S/C21H22N2O3S/c1-16-6-7-17(2)21(13-16)27(24,25)23(15-18-5-4-12-22-14-18)19-8-10-20(26-3)11-9-19/h4-14H,15H2,1-3H3. The highest BCUT2D eigenvalue weighted by molar-refractivity contribution is 7.92. The molecule has 0 bridgehead atoms. The molecule has 2 aromatic carbocycles. The molecule has 0 saturated heterocycles. The van der Waals surface area contributed by atoms with Gasteiger partial charge in [0.15, 0.2) is 0 Å². The van der Waals surface area contributed by atoms with Crippen LogP contribution in [0.25, 0.3) is 0 Å². The number of methoxy groups -OCH3 is 1. The van der Waals surface area contributed by atoms with Crippen LogP contribution in [-0.2, 0) is 16.6 Å². The van der Waals surface area contributed by atoms with Gasteiger partial charge in [-0.15, -0.1) is 0 Å². The Labute approximate surface area is 160 Å². The molecule has 6 heteroatoms. The Bertz CT molecular complexity index is 1020. The molecule has 0 saturated carbocycles. The summed E-state index contributed by atoms with van der Waals surface area (Å²) in [4.78, 5) is 4.41. The van der Waals surface area contributed by atoms with E-state index in [9.17, 15) is 8.42 Å². The molecule has 0 unspecified atom stereocenters. The number of sulfonamides is 1. The minimum Gasteiger partial charge on any atom is -0.497 e. The lowest BCUT2D eigenvalue weighted by Crippen LogP contribution is -2.31. The number of ether oxygens (including phenoxy) is 1. The number of rotatable bonds is 6. The molecule has 0 aliphatic heterocycles. The molecule has 27 heavy (non-hydrogen) atoms. The largest absolute Gasteiger partial charge is 0.497 e. The molecule has 0 aliphatic carbocycles. The Morgan fingerprint density at radius 1 is 1.04 bits per heavy atom. The zero-order valence-corrected chi connectivity index (χ0v) is 16.4. The number of hydrogen-bond donors (Lipinski definition) is 0. The molecular weight excluding hydrogens is 360 g/mol. The van der Waals surface area contributed by atoms with E-state index in [0.717, 1.165) is 11.1 Å². The third-order valence-corrected chi connectivity index (χ3v) is 6.24. The van der Waals surface area contributed by atoms with Gasteiger partial charge in [-0.2, -0.15) is 0 Å². The fourth-order valence-corrected chi connectivity index (χ4v) is 4.59. The van der Waals surface area contributed by atoms with Gasteiger partial charge in [0.05, 0.1) is 24.2 Å². The number of nitrogens with zero attached hydrogens (tertiary/aromatic N) is 2. The van der Waals surface area contributed by atoms with Crippen molar-refractivity contribution in [1.29, 1.82) is 0 Å². The highest BCUT2D eigenvalue weighted by atomic mass is 32.2. The van der Waals surface area contributed by atoms with Crippen LogP contribution in [0, 0.1) is 13.8 Å². The summed E-state index contributed by atoms with van der Waals surface area (Å²) < 4.78 is 33.7. The van der Waals surface area contributed by atoms with Crippen molar-refractivity contribution in [2.45, 2.75) is 25.3 Å². The van der Waals surface area contributed by atoms with E-state index in [1.165, 1.54) is 4.31 Å². The van der Waals surface area contributed by atoms with Gasteiger partial charge in [-0.1, -0.05) is 18.2 Å². The van der Waals surface area contributed by atoms with Crippen LogP contribution in [0.4, 0.5) is 5.69 Å². The SMILES string of the molecule is COc1ccc(N(Cc2cccnc2)S(=O)(=O)c2cc(C)ccc2C)cc1. The Balaban J connectivity index is 2.11. The molecule has 3 rings (SSSR count). The van der Waals surface area contributed by atoms with Gasteiger partial charge in [0, 0.05) is 12.4 Å². The van der Waals surface area contributed by atoms with Crippen molar-refractivity contribution in [3.63, 3.8) is 0 Å². The Morgan fingerprint density at radius 2 is 1.78 bits per heavy atom. The molecule has 0 atom stereocenters. The number of aromatic nitrogens is 1. The summed E-state index contributed by atoms with van der Waals surface area (Å²) >= 11 is 0. The molecule has 0 amide bonds. The second-order valence-corrected chi connectivity index (χ2v) is 8.17. The molecule has 140 valence electrons. The number of anilines is 1. The molecule has 0 aliphatic rings. The van der Waals surface area contributed by atoms with Crippen molar-refractivity contribution in [3.05, 3.63) is 83.7 Å². The summed E-state index contributed by atoms with van der Waals surface area (Å²) in [5.74, 6) is 0.671. The van der Waals surface area contributed by atoms with E-state index in [1.807, 2.05) is 32.0 Å². The van der Waals surface area contributed by atoms with Crippen molar-refractivity contribution in [1.82, 2.24) is 4.98 Å². The first-order valence-electron chi connectivity index (χ1n) is 8.55. The summed E-state index contributed by atoms with van der Waals surface area (Å²) in [6, 6.07) is 16.1. The molecule has 0 spiro atoms. The molecule has 5 nitrogen and oxygen atoms in total. The van der Waals surface area contributed by atoms with E-state index in [1.54, 1.807) is 55.9 Å². The maximum absolute atomic E-state index is 13.5. The van der Waals surface area contributed by atoms with E-state index < -0.39 is 10.0 Å². The first-order valence-corrected chi connectivity index (χ1v) is 9.99. The molecule has 0 fully saturated rings. The lowest BCUT2D eigenvalue weighted by molar-refractivity contribution is 0.415. The second kappa shape index (κ2) is 7.80. The number of benzene rings is 2. The van der Waals surface area contributed by atoms with Crippen molar-refractivity contribution in [3.8, 4) is 5.75 Å². The monoisotopic (exact) mass is 382 g/mol. The van der Waals surface area contributed by atoms with Gasteiger partial charge in [0.2, 0.25) is 0 Å². The van der Waals surface area contributed by atoms with Crippen molar-refractivity contribution in [2.75, 3.05) is 11.4 Å². The zero-order valence-electron chi connectivity index (χ0n) is 15.6. The first-order chi connectivity index (χ1) is 12.9. The summed E-state index contributed by atoms with van der Waals surface area (Å²) in [5.41, 5.74) is 2.99. The second-order valence-electron chi connectivity index (χ2n) is 6.34. The van der Waals surface area contributed by atoms with Gasteiger partial charge < -0.3 is 4.74 Å². The Kier molecular flexibility index (Phi) is 5.46. The number of pyridine rings is 1. The molecule has 1 aromatic heterocycles. The highest BCUT2D eigenvalue weighted by Crippen LogP contribution is 2.29. The zero-order chi connectivity index (χ0) is 19.4. The summed E-state index contributed by atoms with van der Waals surface area (Å²) in [5, 5.41) is 0. The van der Waals surface area contributed by atoms with Crippen LogP contribution in [0.5, 0.6) is 5.75 Å². The first kappa shape index (κ1) is 18.9. The van der Waals surface area contributed by atoms with Gasteiger partial charge in [-0.05, 0) is 66.9 Å². The molecular formula is C21H22N2O3S.